The van der Waals surface area contributed by atoms with Gasteiger partial charge in [0.1, 0.15) is 11.6 Å². The van der Waals surface area contributed by atoms with Crippen LogP contribution in [0.3, 0.4) is 0 Å². The summed E-state index contributed by atoms with van der Waals surface area (Å²) < 4.78 is 26.7. The first-order chi connectivity index (χ1) is 12.5. The molecule has 6 nitrogen and oxygen atoms in total. The minimum Gasteiger partial charge on any atom is -0.306 e. The van der Waals surface area contributed by atoms with E-state index >= 15 is 0 Å². The number of H-pyrrole nitrogens is 2. The topological polar surface area (TPSA) is 81.3 Å². The number of imidazole rings is 1. The molecule has 26 heavy (non-hydrogen) atoms. The molecule has 3 aromatic rings. The van der Waals surface area contributed by atoms with E-state index in [4.69, 9.17) is 0 Å². The molecule has 2 N–H and O–H groups in total. The van der Waals surface area contributed by atoms with Crippen LogP contribution in [0.5, 0.6) is 0 Å². The molecule has 0 spiro atoms. The predicted molar refractivity (Wildman–Crippen MR) is 91.8 cm³/mol. The second-order valence-electron chi connectivity index (χ2n) is 6.11. The third-order valence-corrected chi connectivity index (χ3v) is 4.22. The van der Waals surface area contributed by atoms with Gasteiger partial charge in [-0.1, -0.05) is 6.07 Å². The van der Waals surface area contributed by atoms with E-state index in [1.807, 2.05) is 0 Å². The summed E-state index contributed by atoms with van der Waals surface area (Å²) in [4.78, 5) is 29.0. The van der Waals surface area contributed by atoms with E-state index in [1.54, 1.807) is 18.2 Å². The molecule has 0 unspecified atom stereocenters. The van der Waals surface area contributed by atoms with Gasteiger partial charge < -0.3 is 9.97 Å². The number of fused-ring (bicyclic) bond motifs is 1. The van der Waals surface area contributed by atoms with Crippen molar-refractivity contribution in [3.8, 4) is 0 Å². The number of hydrazone groups is 1. The van der Waals surface area contributed by atoms with Crippen LogP contribution in [0.25, 0.3) is 11.0 Å². The Labute approximate surface area is 146 Å². The molecule has 1 aliphatic rings. The Balaban J connectivity index is 1.52. The fourth-order valence-electron chi connectivity index (χ4n) is 3.02. The number of hydrogen-bond acceptors (Lipinski definition) is 3. The molecule has 0 radical (unpaired) electrons. The van der Waals surface area contributed by atoms with Crippen molar-refractivity contribution >= 4 is 22.7 Å². The number of nitrogens with zero attached hydrogens (tertiary/aromatic N) is 2. The number of benzene rings is 2. The van der Waals surface area contributed by atoms with Crippen molar-refractivity contribution in [2.75, 3.05) is 6.54 Å². The molecule has 1 aliphatic heterocycles. The number of nitrogens with one attached hydrogen (secondary N) is 2. The lowest BCUT2D eigenvalue weighted by Crippen LogP contribution is -2.25. The standard InChI is InChI=1S/C18H14F2N4O2/c19-12-7-11(8-13(20)9-12)14-3-4-24(23-14)17(25)6-10-1-2-15-16(5-10)22-18(26)21-15/h1-2,5,7-9H,3-4,6H2,(H2,21,22,26). The summed E-state index contributed by atoms with van der Waals surface area (Å²) in [5.74, 6) is -1.59. The summed E-state index contributed by atoms with van der Waals surface area (Å²) >= 11 is 0. The van der Waals surface area contributed by atoms with Gasteiger partial charge in [-0.25, -0.2) is 18.6 Å². The normalized spacial score (nSPS) is 14.1. The number of rotatable bonds is 3. The molecule has 2 aromatic carbocycles. The number of halogens is 2. The molecule has 1 amide bonds. The second kappa shape index (κ2) is 6.21. The van der Waals surface area contributed by atoms with Crippen LogP contribution in [-0.2, 0) is 11.2 Å². The van der Waals surface area contributed by atoms with Crippen LogP contribution in [0, 0.1) is 11.6 Å². The fourth-order valence-corrected chi connectivity index (χ4v) is 3.02. The van der Waals surface area contributed by atoms with E-state index in [0.29, 0.717) is 35.3 Å². The highest BCUT2D eigenvalue weighted by molar-refractivity contribution is 6.02. The zero-order valence-electron chi connectivity index (χ0n) is 13.6. The van der Waals surface area contributed by atoms with Gasteiger partial charge in [-0.3, -0.25) is 4.79 Å². The molecule has 4 rings (SSSR count). The molecule has 1 aromatic heterocycles. The molecular formula is C18H14F2N4O2. The Kier molecular flexibility index (Phi) is 3.87. The lowest BCUT2D eigenvalue weighted by atomic mass is 10.1. The van der Waals surface area contributed by atoms with E-state index in [9.17, 15) is 18.4 Å². The maximum Gasteiger partial charge on any atom is 0.323 e. The summed E-state index contributed by atoms with van der Waals surface area (Å²) in [5.41, 5.74) is 2.53. The van der Waals surface area contributed by atoms with Gasteiger partial charge in [0.15, 0.2) is 0 Å². The average Bonchev–Trinajstić information content (AvgIpc) is 3.19. The Hall–Kier alpha value is -3.29. The van der Waals surface area contributed by atoms with Crippen molar-refractivity contribution < 1.29 is 13.6 Å². The van der Waals surface area contributed by atoms with Gasteiger partial charge in [-0.15, -0.1) is 0 Å². The Bertz CT molecular complexity index is 1080. The number of aromatic amines is 2. The highest BCUT2D eigenvalue weighted by Crippen LogP contribution is 2.18. The molecule has 0 aliphatic carbocycles. The first-order valence-electron chi connectivity index (χ1n) is 8.03. The number of aromatic nitrogens is 2. The van der Waals surface area contributed by atoms with Crippen molar-refractivity contribution in [3.05, 3.63) is 69.6 Å². The predicted octanol–water partition coefficient (Wildman–Crippen LogP) is 2.31. The molecule has 132 valence electrons. The smallest absolute Gasteiger partial charge is 0.306 e. The number of carbonyl (C=O) groups excluding carboxylic acids is 1. The molecular weight excluding hydrogens is 342 g/mol. The summed E-state index contributed by atoms with van der Waals surface area (Å²) in [5, 5.41) is 5.51. The average molecular weight is 356 g/mol. The quantitative estimate of drug-likeness (QED) is 0.755. The van der Waals surface area contributed by atoms with Gasteiger partial charge >= 0.3 is 5.69 Å². The van der Waals surface area contributed by atoms with Gasteiger partial charge in [-0.2, -0.15) is 5.10 Å². The van der Waals surface area contributed by atoms with Crippen LogP contribution in [0.15, 0.2) is 46.3 Å². The number of hydrogen-bond donors (Lipinski definition) is 2. The lowest BCUT2D eigenvalue weighted by Gasteiger charge is -2.11. The number of amides is 1. The molecule has 2 heterocycles. The molecule has 0 saturated heterocycles. The van der Waals surface area contributed by atoms with Crippen LogP contribution in [-0.4, -0.2) is 33.1 Å². The highest BCUT2D eigenvalue weighted by Gasteiger charge is 2.22. The summed E-state index contributed by atoms with van der Waals surface area (Å²) in [6.45, 7) is 0.357. The van der Waals surface area contributed by atoms with Crippen LogP contribution < -0.4 is 5.69 Å². The van der Waals surface area contributed by atoms with Gasteiger partial charge in [0.05, 0.1) is 29.7 Å². The second-order valence-corrected chi connectivity index (χ2v) is 6.11. The van der Waals surface area contributed by atoms with Crippen LogP contribution in [0.4, 0.5) is 8.78 Å². The van der Waals surface area contributed by atoms with E-state index in [2.05, 4.69) is 15.1 Å². The Morgan fingerprint density at radius 3 is 2.58 bits per heavy atom. The summed E-state index contributed by atoms with van der Waals surface area (Å²) in [6, 6.07) is 8.41. The first kappa shape index (κ1) is 16.2. The van der Waals surface area contributed by atoms with Crippen molar-refractivity contribution in [2.24, 2.45) is 5.10 Å². The highest BCUT2D eigenvalue weighted by atomic mass is 19.1. The zero-order valence-corrected chi connectivity index (χ0v) is 13.6. The zero-order chi connectivity index (χ0) is 18.3. The largest absolute Gasteiger partial charge is 0.323 e. The first-order valence-corrected chi connectivity index (χ1v) is 8.03. The third kappa shape index (κ3) is 3.13. The third-order valence-electron chi connectivity index (χ3n) is 4.22. The lowest BCUT2D eigenvalue weighted by molar-refractivity contribution is -0.130. The van der Waals surface area contributed by atoms with Crippen molar-refractivity contribution in [2.45, 2.75) is 12.8 Å². The molecule has 0 fully saturated rings. The SMILES string of the molecule is O=C(Cc1ccc2[nH]c(=O)[nH]c2c1)N1CCC(c2cc(F)cc(F)c2)=N1. The molecule has 8 heteroatoms. The van der Waals surface area contributed by atoms with Crippen LogP contribution in [0.2, 0.25) is 0 Å². The Morgan fingerprint density at radius 2 is 1.81 bits per heavy atom. The van der Waals surface area contributed by atoms with Gasteiger partial charge in [0.25, 0.3) is 0 Å². The minimum atomic E-state index is -0.679. The minimum absolute atomic E-state index is 0.109. The fraction of sp³-hybridized carbons (Fsp3) is 0.167. The van der Waals surface area contributed by atoms with E-state index in [1.165, 1.54) is 17.1 Å². The van der Waals surface area contributed by atoms with Crippen LogP contribution >= 0.6 is 0 Å². The van der Waals surface area contributed by atoms with Gasteiger partial charge in [-0.05, 0) is 29.8 Å². The Morgan fingerprint density at radius 1 is 1.08 bits per heavy atom. The van der Waals surface area contributed by atoms with Crippen molar-refractivity contribution in [3.63, 3.8) is 0 Å². The summed E-state index contributed by atoms with van der Waals surface area (Å²) in [6.07, 6.45) is 0.538. The van der Waals surface area contributed by atoms with Crippen molar-refractivity contribution in [1.82, 2.24) is 15.0 Å². The monoisotopic (exact) mass is 356 g/mol. The van der Waals surface area contributed by atoms with E-state index < -0.39 is 11.6 Å². The van der Waals surface area contributed by atoms with Crippen LogP contribution in [0.1, 0.15) is 17.5 Å². The molecule has 0 bridgehead atoms. The maximum absolute atomic E-state index is 13.4. The number of carbonyl (C=O) groups is 1. The summed E-state index contributed by atoms with van der Waals surface area (Å²) in [7, 11) is 0. The van der Waals surface area contributed by atoms with Gasteiger partial charge in [0.2, 0.25) is 5.91 Å². The van der Waals surface area contributed by atoms with Gasteiger partial charge in [0, 0.05) is 18.1 Å². The maximum atomic E-state index is 13.4. The van der Waals surface area contributed by atoms with E-state index in [0.717, 1.165) is 11.6 Å². The van der Waals surface area contributed by atoms with Crippen molar-refractivity contribution in [1.29, 1.82) is 0 Å². The molecule has 0 atom stereocenters. The molecule has 0 saturated carbocycles. The van der Waals surface area contributed by atoms with E-state index in [-0.39, 0.29) is 18.0 Å².